The summed E-state index contributed by atoms with van der Waals surface area (Å²) in [6.07, 6.45) is 3.08. The number of carbonyl (C=O) groups excluding carboxylic acids is 2. The van der Waals surface area contributed by atoms with Crippen molar-refractivity contribution in [2.24, 2.45) is 0 Å². The van der Waals surface area contributed by atoms with Gasteiger partial charge in [0.1, 0.15) is 11.8 Å². The van der Waals surface area contributed by atoms with Crippen LogP contribution in [0.3, 0.4) is 0 Å². The molecule has 2 amide bonds. The van der Waals surface area contributed by atoms with Crippen molar-refractivity contribution < 1.29 is 14.0 Å². The molecule has 0 bridgehead atoms. The van der Waals surface area contributed by atoms with E-state index in [-0.39, 0.29) is 17.7 Å². The van der Waals surface area contributed by atoms with Crippen LogP contribution in [-0.2, 0) is 4.79 Å². The number of amides is 2. The smallest absolute Gasteiger partial charge is 0.257 e. The molecule has 1 unspecified atom stereocenters. The van der Waals surface area contributed by atoms with Crippen LogP contribution in [0.15, 0.2) is 47.1 Å². The third-order valence-electron chi connectivity index (χ3n) is 4.72. The number of carbonyl (C=O) groups is 2. The minimum atomic E-state index is -0.448. The second-order valence-corrected chi connectivity index (χ2v) is 6.75. The van der Waals surface area contributed by atoms with Gasteiger partial charge in [-0.1, -0.05) is 32.0 Å². The van der Waals surface area contributed by atoms with Gasteiger partial charge in [-0.05, 0) is 31.0 Å². The number of furan rings is 1. The van der Waals surface area contributed by atoms with Gasteiger partial charge >= 0.3 is 0 Å². The fourth-order valence-electron chi connectivity index (χ4n) is 3.36. The number of hydrogen-bond acceptors (Lipinski definition) is 3. The number of piperidine rings is 1. The number of hydrogen-bond donors (Lipinski definition) is 0. The molecule has 1 aromatic heterocycles. The molecule has 5 nitrogen and oxygen atoms in total. The Morgan fingerprint density at radius 1 is 1.24 bits per heavy atom. The molecular formula is C20H24N2O3. The minimum absolute atomic E-state index is 0.0251. The minimum Gasteiger partial charge on any atom is -0.468 e. The lowest BCUT2D eigenvalue weighted by Crippen LogP contribution is -2.53. The van der Waals surface area contributed by atoms with E-state index in [0.717, 1.165) is 12.1 Å². The Morgan fingerprint density at radius 3 is 2.64 bits per heavy atom. The topological polar surface area (TPSA) is 53.8 Å². The summed E-state index contributed by atoms with van der Waals surface area (Å²) in [6, 6.07) is 10.9. The van der Waals surface area contributed by atoms with Crippen LogP contribution in [0, 0.1) is 0 Å². The van der Waals surface area contributed by atoms with Crippen LogP contribution in [0.4, 0.5) is 5.69 Å². The molecule has 1 aliphatic heterocycles. The number of nitrogens with zero attached hydrogens (tertiary/aromatic N) is 2. The normalized spacial score (nSPS) is 17.8. The Morgan fingerprint density at radius 2 is 1.96 bits per heavy atom. The molecule has 0 radical (unpaired) electrons. The molecule has 2 aromatic rings. The summed E-state index contributed by atoms with van der Waals surface area (Å²) in [5.74, 6) is 0.596. The molecular weight excluding hydrogens is 316 g/mol. The predicted octanol–water partition coefficient (Wildman–Crippen LogP) is 3.67. The Balaban J connectivity index is 1.81. The molecule has 0 aliphatic carbocycles. The zero-order valence-corrected chi connectivity index (χ0v) is 14.9. The predicted molar refractivity (Wildman–Crippen MR) is 96.7 cm³/mol. The molecule has 1 aromatic carbocycles. The SMILES string of the molecule is CC(C)c1occc1C(=O)N(C)C1CCCN(c2ccccc2)C1=O. The van der Waals surface area contributed by atoms with Crippen LogP contribution in [-0.4, -0.2) is 36.3 Å². The molecule has 5 heteroatoms. The van der Waals surface area contributed by atoms with Crippen LogP contribution >= 0.6 is 0 Å². The molecule has 0 spiro atoms. The first-order chi connectivity index (χ1) is 12.0. The van der Waals surface area contributed by atoms with E-state index in [1.807, 2.05) is 44.2 Å². The zero-order valence-electron chi connectivity index (χ0n) is 14.9. The van der Waals surface area contributed by atoms with E-state index in [2.05, 4.69) is 0 Å². The van der Waals surface area contributed by atoms with Gasteiger partial charge in [0.25, 0.3) is 5.91 Å². The number of likely N-dealkylation sites (N-methyl/N-ethyl adjacent to an activating group) is 1. The highest BCUT2D eigenvalue weighted by Gasteiger charge is 2.35. The Labute approximate surface area is 148 Å². The standard InChI is InChI=1S/C20H24N2O3/c1-14(2)18-16(11-13-25-18)19(23)21(3)17-10-7-12-22(20(17)24)15-8-5-4-6-9-15/h4-6,8-9,11,13-14,17H,7,10,12H2,1-3H3. The van der Waals surface area contributed by atoms with Crippen molar-refractivity contribution in [3.63, 3.8) is 0 Å². The van der Waals surface area contributed by atoms with Crippen molar-refractivity contribution in [2.45, 2.75) is 38.6 Å². The quantitative estimate of drug-likeness (QED) is 0.853. The van der Waals surface area contributed by atoms with Gasteiger partial charge in [-0.2, -0.15) is 0 Å². The molecule has 1 saturated heterocycles. The van der Waals surface area contributed by atoms with E-state index in [0.29, 0.717) is 24.3 Å². The Kier molecular flexibility index (Phi) is 4.93. The van der Waals surface area contributed by atoms with Gasteiger partial charge < -0.3 is 14.2 Å². The van der Waals surface area contributed by atoms with E-state index >= 15 is 0 Å². The number of anilines is 1. The van der Waals surface area contributed by atoms with E-state index in [4.69, 9.17) is 4.42 Å². The summed E-state index contributed by atoms with van der Waals surface area (Å²) < 4.78 is 5.46. The first kappa shape index (κ1) is 17.3. The van der Waals surface area contributed by atoms with Gasteiger partial charge in [0, 0.05) is 25.2 Å². The van der Waals surface area contributed by atoms with E-state index < -0.39 is 6.04 Å². The van der Waals surface area contributed by atoms with Crippen LogP contribution in [0.1, 0.15) is 48.7 Å². The average Bonchev–Trinajstić information content (AvgIpc) is 3.11. The maximum atomic E-state index is 13.0. The molecule has 3 rings (SSSR count). The molecule has 1 atom stereocenters. The maximum absolute atomic E-state index is 13.0. The van der Waals surface area contributed by atoms with Crippen molar-refractivity contribution in [1.82, 2.24) is 4.90 Å². The third-order valence-corrected chi connectivity index (χ3v) is 4.72. The van der Waals surface area contributed by atoms with Crippen molar-refractivity contribution >= 4 is 17.5 Å². The third kappa shape index (κ3) is 3.31. The van der Waals surface area contributed by atoms with Crippen LogP contribution in [0.5, 0.6) is 0 Å². The van der Waals surface area contributed by atoms with Crippen molar-refractivity contribution in [1.29, 1.82) is 0 Å². The first-order valence-corrected chi connectivity index (χ1v) is 8.71. The maximum Gasteiger partial charge on any atom is 0.257 e. The summed E-state index contributed by atoms with van der Waals surface area (Å²) in [4.78, 5) is 29.2. The van der Waals surface area contributed by atoms with Crippen molar-refractivity contribution in [2.75, 3.05) is 18.5 Å². The summed E-state index contributed by atoms with van der Waals surface area (Å²) in [5.41, 5.74) is 1.42. The summed E-state index contributed by atoms with van der Waals surface area (Å²) in [6.45, 7) is 4.65. The Hall–Kier alpha value is -2.56. The molecule has 0 saturated carbocycles. The first-order valence-electron chi connectivity index (χ1n) is 8.71. The van der Waals surface area contributed by atoms with Crippen LogP contribution in [0.2, 0.25) is 0 Å². The number of rotatable bonds is 4. The van der Waals surface area contributed by atoms with Crippen LogP contribution in [0.25, 0.3) is 0 Å². The summed E-state index contributed by atoms with van der Waals surface area (Å²) >= 11 is 0. The lowest BCUT2D eigenvalue weighted by Gasteiger charge is -2.36. The highest BCUT2D eigenvalue weighted by atomic mass is 16.3. The number of para-hydroxylation sites is 1. The zero-order chi connectivity index (χ0) is 18.0. The highest BCUT2D eigenvalue weighted by Crippen LogP contribution is 2.26. The van der Waals surface area contributed by atoms with Gasteiger partial charge in [0.15, 0.2) is 0 Å². The second kappa shape index (κ2) is 7.13. The van der Waals surface area contributed by atoms with Crippen molar-refractivity contribution in [3.8, 4) is 0 Å². The molecule has 0 N–H and O–H groups in total. The van der Waals surface area contributed by atoms with Crippen molar-refractivity contribution in [3.05, 3.63) is 54.0 Å². The largest absolute Gasteiger partial charge is 0.468 e. The molecule has 2 heterocycles. The van der Waals surface area contributed by atoms with E-state index in [9.17, 15) is 9.59 Å². The highest BCUT2D eigenvalue weighted by molar-refractivity contribution is 6.03. The lowest BCUT2D eigenvalue weighted by atomic mass is 10.0. The number of benzene rings is 1. The van der Waals surface area contributed by atoms with E-state index in [1.54, 1.807) is 22.9 Å². The van der Waals surface area contributed by atoms with Gasteiger partial charge in [0.05, 0.1) is 11.8 Å². The molecule has 132 valence electrons. The van der Waals surface area contributed by atoms with Crippen LogP contribution < -0.4 is 4.90 Å². The van der Waals surface area contributed by atoms with Gasteiger partial charge in [-0.25, -0.2) is 0 Å². The molecule has 25 heavy (non-hydrogen) atoms. The fourth-order valence-corrected chi connectivity index (χ4v) is 3.36. The summed E-state index contributed by atoms with van der Waals surface area (Å²) in [7, 11) is 1.70. The fraction of sp³-hybridized carbons (Fsp3) is 0.400. The molecule has 1 fully saturated rings. The summed E-state index contributed by atoms with van der Waals surface area (Å²) in [5, 5.41) is 0. The van der Waals surface area contributed by atoms with E-state index in [1.165, 1.54) is 6.26 Å². The average molecular weight is 340 g/mol. The lowest BCUT2D eigenvalue weighted by molar-refractivity contribution is -0.124. The molecule has 1 aliphatic rings. The second-order valence-electron chi connectivity index (χ2n) is 6.75. The van der Waals surface area contributed by atoms with Gasteiger partial charge in [-0.3, -0.25) is 9.59 Å². The Bertz CT molecular complexity index is 751. The van der Waals surface area contributed by atoms with Gasteiger partial charge in [0.2, 0.25) is 5.91 Å². The monoisotopic (exact) mass is 340 g/mol. The van der Waals surface area contributed by atoms with Gasteiger partial charge in [-0.15, -0.1) is 0 Å².